The summed E-state index contributed by atoms with van der Waals surface area (Å²) in [7, 11) is 1.71. The lowest BCUT2D eigenvalue weighted by Gasteiger charge is -2.10. The Hall–Kier alpha value is -0.120. The van der Waals surface area contributed by atoms with Crippen molar-refractivity contribution in [2.45, 2.75) is 26.7 Å². The predicted octanol–water partition coefficient (Wildman–Crippen LogP) is 1.68. The van der Waals surface area contributed by atoms with Gasteiger partial charge in [-0.1, -0.05) is 20.3 Å². The predicted molar refractivity (Wildman–Crippen MR) is 59.6 cm³/mol. The van der Waals surface area contributed by atoms with Gasteiger partial charge in [-0.2, -0.15) is 0 Å². The molecule has 0 fully saturated rings. The Morgan fingerprint density at radius 1 is 1.21 bits per heavy atom. The fraction of sp³-hybridized carbons (Fsp3) is 1.00. The lowest BCUT2D eigenvalue weighted by atomic mass is 10.1. The van der Waals surface area contributed by atoms with Crippen molar-refractivity contribution in [3.8, 4) is 0 Å². The molecule has 1 N–H and O–H groups in total. The van der Waals surface area contributed by atoms with E-state index in [1.807, 2.05) is 0 Å². The number of methoxy groups -OCH3 is 1. The topological polar surface area (TPSA) is 30.5 Å². The summed E-state index contributed by atoms with van der Waals surface area (Å²) in [6.45, 7) is 8.74. The van der Waals surface area contributed by atoms with Crippen molar-refractivity contribution in [2.24, 2.45) is 5.92 Å². The summed E-state index contributed by atoms with van der Waals surface area (Å²) < 4.78 is 10.4. The molecule has 0 bridgehead atoms. The van der Waals surface area contributed by atoms with Gasteiger partial charge in [0.1, 0.15) is 0 Å². The molecule has 0 spiro atoms. The van der Waals surface area contributed by atoms with Crippen molar-refractivity contribution in [2.75, 3.05) is 40.0 Å². The van der Waals surface area contributed by atoms with Crippen LogP contribution in [0.3, 0.4) is 0 Å². The van der Waals surface area contributed by atoms with Crippen LogP contribution in [0.25, 0.3) is 0 Å². The van der Waals surface area contributed by atoms with Gasteiger partial charge in [-0.05, 0) is 12.3 Å². The fourth-order valence-corrected chi connectivity index (χ4v) is 1.30. The molecule has 1 unspecified atom stereocenters. The van der Waals surface area contributed by atoms with Gasteiger partial charge in [0.25, 0.3) is 0 Å². The van der Waals surface area contributed by atoms with E-state index in [2.05, 4.69) is 19.2 Å². The number of rotatable bonds is 10. The van der Waals surface area contributed by atoms with Crippen LogP contribution in [0.1, 0.15) is 26.7 Å². The number of nitrogens with one attached hydrogen (secondary N) is 1. The highest BCUT2D eigenvalue weighted by molar-refractivity contribution is 4.50. The Kier molecular flexibility index (Phi) is 10.9. The van der Waals surface area contributed by atoms with Crippen LogP contribution in [0.2, 0.25) is 0 Å². The molecule has 0 aromatic heterocycles. The first kappa shape index (κ1) is 13.9. The summed E-state index contributed by atoms with van der Waals surface area (Å²) in [5.41, 5.74) is 0. The summed E-state index contributed by atoms with van der Waals surface area (Å²) in [4.78, 5) is 0. The van der Waals surface area contributed by atoms with E-state index in [4.69, 9.17) is 9.47 Å². The Balaban J connectivity index is 2.98. The Bertz CT molecular complexity index is 109. The van der Waals surface area contributed by atoms with Crippen LogP contribution in [0.4, 0.5) is 0 Å². The molecule has 0 radical (unpaired) electrons. The molecule has 86 valence electrons. The van der Waals surface area contributed by atoms with E-state index in [1.165, 1.54) is 12.8 Å². The lowest BCUT2D eigenvalue weighted by Crippen LogP contribution is -2.24. The first-order valence-corrected chi connectivity index (χ1v) is 5.58. The van der Waals surface area contributed by atoms with E-state index < -0.39 is 0 Å². The van der Waals surface area contributed by atoms with Crippen LogP contribution in [0.15, 0.2) is 0 Å². The molecule has 0 aliphatic heterocycles. The highest BCUT2D eigenvalue weighted by Gasteiger charge is 1.99. The number of hydrogen-bond donors (Lipinski definition) is 1. The molecule has 0 heterocycles. The lowest BCUT2D eigenvalue weighted by molar-refractivity contribution is 0.102. The molecule has 0 rings (SSSR count). The SMILES string of the molecule is CCCC(C)COCCNCCOC. The third-order valence-electron chi connectivity index (χ3n) is 2.09. The second-order valence-corrected chi connectivity index (χ2v) is 3.71. The molecule has 3 nitrogen and oxygen atoms in total. The average Bonchev–Trinajstić information content (AvgIpc) is 2.17. The van der Waals surface area contributed by atoms with E-state index in [1.54, 1.807) is 7.11 Å². The van der Waals surface area contributed by atoms with E-state index in [9.17, 15) is 0 Å². The minimum absolute atomic E-state index is 0.693. The molecule has 0 saturated heterocycles. The van der Waals surface area contributed by atoms with Crippen LogP contribution in [0.5, 0.6) is 0 Å². The van der Waals surface area contributed by atoms with Crippen LogP contribution in [-0.2, 0) is 9.47 Å². The minimum atomic E-state index is 0.693. The van der Waals surface area contributed by atoms with Gasteiger partial charge in [-0.25, -0.2) is 0 Å². The molecule has 0 amide bonds. The van der Waals surface area contributed by atoms with Crippen LogP contribution < -0.4 is 5.32 Å². The van der Waals surface area contributed by atoms with Crippen molar-refractivity contribution in [1.82, 2.24) is 5.32 Å². The zero-order valence-corrected chi connectivity index (χ0v) is 9.84. The van der Waals surface area contributed by atoms with E-state index in [-0.39, 0.29) is 0 Å². The van der Waals surface area contributed by atoms with Crippen molar-refractivity contribution in [3.05, 3.63) is 0 Å². The third-order valence-corrected chi connectivity index (χ3v) is 2.09. The first-order chi connectivity index (χ1) is 6.81. The standard InChI is InChI=1S/C11H25NO2/c1-4-5-11(2)10-14-9-7-12-6-8-13-3/h11-12H,4-10H2,1-3H3. The van der Waals surface area contributed by atoms with Gasteiger partial charge in [0.2, 0.25) is 0 Å². The van der Waals surface area contributed by atoms with Crippen molar-refractivity contribution in [3.63, 3.8) is 0 Å². The van der Waals surface area contributed by atoms with E-state index in [0.717, 1.165) is 32.9 Å². The highest BCUT2D eigenvalue weighted by atomic mass is 16.5. The van der Waals surface area contributed by atoms with Crippen molar-refractivity contribution in [1.29, 1.82) is 0 Å². The number of hydrogen-bond acceptors (Lipinski definition) is 3. The molecule has 0 aromatic rings. The molecule has 0 saturated carbocycles. The second kappa shape index (κ2) is 11.0. The molecular formula is C11H25NO2. The normalized spacial score (nSPS) is 13.1. The Morgan fingerprint density at radius 3 is 2.57 bits per heavy atom. The summed E-state index contributed by atoms with van der Waals surface area (Å²) in [6, 6.07) is 0. The quantitative estimate of drug-likeness (QED) is 0.548. The summed E-state index contributed by atoms with van der Waals surface area (Å²) in [5, 5.41) is 3.24. The smallest absolute Gasteiger partial charge is 0.0591 e. The average molecular weight is 203 g/mol. The van der Waals surface area contributed by atoms with Gasteiger partial charge in [-0.3, -0.25) is 0 Å². The van der Waals surface area contributed by atoms with Gasteiger partial charge in [-0.15, -0.1) is 0 Å². The first-order valence-electron chi connectivity index (χ1n) is 5.58. The van der Waals surface area contributed by atoms with Gasteiger partial charge in [0.05, 0.1) is 13.2 Å². The van der Waals surface area contributed by atoms with Crippen LogP contribution in [-0.4, -0.2) is 40.0 Å². The van der Waals surface area contributed by atoms with Crippen molar-refractivity contribution < 1.29 is 9.47 Å². The molecule has 1 atom stereocenters. The molecule has 0 aliphatic rings. The zero-order valence-electron chi connectivity index (χ0n) is 9.84. The Morgan fingerprint density at radius 2 is 1.93 bits per heavy atom. The van der Waals surface area contributed by atoms with Crippen LogP contribution >= 0.6 is 0 Å². The fourth-order valence-electron chi connectivity index (χ4n) is 1.30. The maximum atomic E-state index is 5.52. The highest BCUT2D eigenvalue weighted by Crippen LogP contribution is 2.04. The molecule has 3 heteroatoms. The number of ether oxygens (including phenoxy) is 2. The van der Waals surface area contributed by atoms with Gasteiger partial charge in [0.15, 0.2) is 0 Å². The molecule has 14 heavy (non-hydrogen) atoms. The van der Waals surface area contributed by atoms with Gasteiger partial charge < -0.3 is 14.8 Å². The monoisotopic (exact) mass is 203 g/mol. The maximum Gasteiger partial charge on any atom is 0.0591 e. The van der Waals surface area contributed by atoms with Crippen molar-refractivity contribution >= 4 is 0 Å². The molecule has 0 aromatic carbocycles. The third kappa shape index (κ3) is 9.96. The summed E-state index contributed by atoms with van der Waals surface area (Å²) in [5.74, 6) is 0.693. The molecule has 0 aliphatic carbocycles. The van der Waals surface area contributed by atoms with Gasteiger partial charge >= 0.3 is 0 Å². The van der Waals surface area contributed by atoms with Crippen LogP contribution in [0, 0.1) is 5.92 Å². The second-order valence-electron chi connectivity index (χ2n) is 3.71. The summed E-state index contributed by atoms with van der Waals surface area (Å²) >= 11 is 0. The Labute approximate surface area is 88.2 Å². The molecular weight excluding hydrogens is 178 g/mol. The van der Waals surface area contributed by atoms with Gasteiger partial charge in [0, 0.05) is 26.8 Å². The van der Waals surface area contributed by atoms with E-state index in [0.29, 0.717) is 5.92 Å². The maximum absolute atomic E-state index is 5.52. The zero-order chi connectivity index (χ0) is 10.6. The van der Waals surface area contributed by atoms with E-state index >= 15 is 0 Å². The summed E-state index contributed by atoms with van der Waals surface area (Å²) in [6.07, 6.45) is 2.51. The largest absolute Gasteiger partial charge is 0.383 e. The minimum Gasteiger partial charge on any atom is -0.383 e.